The summed E-state index contributed by atoms with van der Waals surface area (Å²) in [7, 11) is 0. The number of rotatable bonds is 2. The Kier molecular flexibility index (Phi) is 3.60. The number of nitrogens with zero attached hydrogens (tertiary/aromatic N) is 3. The van der Waals surface area contributed by atoms with E-state index in [1.165, 1.54) is 25.6 Å². The Morgan fingerprint density at radius 2 is 2.31 bits per heavy atom. The molecule has 0 radical (unpaired) electrons. The van der Waals surface area contributed by atoms with Crippen molar-refractivity contribution in [2.75, 3.05) is 16.9 Å². The summed E-state index contributed by atoms with van der Waals surface area (Å²) in [6.45, 7) is 3.27. The van der Waals surface area contributed by atoms with Gasteiger partial charge in [-0.25, -0.2) is 15.8 Å². The molecule has 0 aromatic carbocycles. The van der Waals surface area contributed by atoms with Crippen LogP contribution in [0.2, 0.25) is 0 Å². The summed E-state index contributed by atoms with van der Waals surface area (Å²) in [5.74, 6) is 6.95. The lowest BCUT2D eigenvalue weighted by Crippen LogP contribution is -2.38. The minimum absolute atomic E-state index is 0.519. The van der Waals surface area contributed by atoms with Crippen molar-refractivity contribution in [3.63, 3.8) is 0 Å². The smallest absolute Gasteiger partial charge is 0.159 e. The first kappa shape index (κ1) is 11.6. The van der Waals surface area contributed by atoms with Gasteiger partial charge in [-0.3, -0.25) is 0 Å². The molecule has 1 fully saturated rings. The van der Waals surface area contributed by atoms with E-state index in [1.54, 1.807) is 0 Å². The predicted octanol–water partition coefficient (Wildman–Crippen LogP) is 1.90. The molecule has 1 aliphatic heterocycles. The largest absolute Gasteiger partial charge is 0.353 e. The minimum Gasteiger partial charge on any atom is -0.353 e. The Morgan fingerprint density at radius 3 is 3.00 bits per heavy atom. The molecule has 0 saturated carbocycles. The number of aromatic nitrogens is 2. The van der Waals surface area contributed by atoms with Gasteiger partial charge in [-0.05, 0) is 42.1 Å². The maximum absolute atomic E-state index is 5.39. The first-order valence-electron chi connectivity index (χ1n) is 5.47. The summed E-state index contributed by atoms with van der Waals surface area (Å²) in [6, 6.07) is 0.519. The molecule has 1 aliphatic rings. The van der Waals surface area contributed by atoms with Gasteiger partial charge in [-0.2, -0.15) is 0 Å². The first-order chi connectivity index (χ1) is 7.74. The molecule has 1 aromatic rings. The zero-order chi connectivity index (χ0) is 11.5. The maximum atomic E-state index is 5.39. The van der Waals surface area contributed by atoms with E-state index in [-0.39, 0.29) is 0 Å². The van der Waals surface area contributed by atoms with Crippen LogP contribution in [-0.4, -0.2) is 22.6 Å². The van der Waals surface area contributed by atoms with Crippen molar-refractivity contribution in [3.05, 3.63) is 10.8 Å². The van der Waals surface area contributed by atoms with Crippen LogP contribution in [0.1, 0.15) is 26.2 Å². The summed E-state index contributed by atoms with van der Waals surface area (Å²) in [5, 5.41) is 0. The fourth-order valence-electron chi connectivity index (χ4n) is 2.07. The summed E-state index contributed by atoms with van der Waals surface area (Å²) in [5.41, 5.74) is 2.56. The number of nitrogens with two attached hydrogens (primary N) is 1. The van der Waals surface area contributed by atoms with Crippen molar-refractivity contribution in [3.8, 4) is 0 Å². The van der Waals surface area contributed by atoms with Gasteiger partial charge in [0.05, 0.1) is 0 Å². The van der Waals surface area contributed by atoms with Crippen LogP contribution in [0.15, 0.2) is 10.8 Å². The van der Waals surface area contributed by atoms with Gasteiger partial charge in [0.25, 0.3) is 0 Å². The highest BCUT2D eigenvalue weighted by Gasteiger charge is 2.22. The van der Waals surface area contributed by atoms with Crippen molar-refractivity contribution >= 4 is 27.6 Å². The number of piperidine rings is 1. The highest BCUT2D eigenvalue weighted by molar-refractivity contribution is 9.10. The Balaban J connectivity index is 2.31. The molecule has 1 atom stereocenters. The normalized spacial score (nSPS) is 20.9. The van der Waals surface area contributed by atoms with E-state index in [9.17, 15) is 0 Å². The van der Waals surface area contributed by atoms with Gasteiger partial charge in [0, 0.05) is 12.6 Å². The van der Waals surface area contributed by atoms with E-state index in [0.717, 1.165) is 16.8 Å². The fourth-order valence-corrected chi connectivity index (χ4v) is 2.62. The van der Waals surface area contributed by atoms with Crippen LogP contribution in [0, 0.1) is 0 Å². The summed E-state index contributed by atoms with van der Waals surface area (Å²) >= 11 is 3.50. The van der Waals surface area contributed by atoms with Crippen molar-refractivity contribution in [1.29, 1.82) is 0 Å². The second-order valence-electron chi connectivity index (χ2n) is 4.04. The van der Waals surface area contributed by atoms with Crippen molar-refractivity contribution in [1.82, 2.24) is 9.97 Å². The molecule has 0 aliphatic carbocycles. The molecule has 5 nitrogen and oxygen atoms in total. The van der Waals surface area contributed by atoms with E-state index in [1.807, 2.05) is 0 Å². The van der Waals surface area contributed by atoms with Gasteiger partial charge < -0.3 is 10.3 Å². The van der Waals surface area contributed by atoms with Crippen molar-refractivity contribution in [2.24, 2.45) is 5.84 Å². The van der Waals surface area contributed by atoms with Crippen LogP contribution >= 0.6 is 15.9 Å². The fraction of sp³-hybridized carbons (Fsp3) is 0.600. The molecule has 6 heteroatoms. The second-order valence-corrected chi connectivity index (χ2v) is 4.84. The Morgan fingerprint density at radius 1 is 1.50 bits per heavy atom. The van der Waals surface area contributed by atoms with Crippen LogP contribution in [-0.2, 0) is 0 Å². The molecule has 1 aromatic heterocycles. The number of hydrogen-bond donors (Lipinski definition) is 2. The molecule has 16 heavy (non-hydrogen) atoms. The standard InChI is InChI=1S/C10H16BrN5/c1-7-4-2-3-5-16(7)10-8(11)9(15-12)13-6-14-10/h6-7H,2-5,12H2,1H3,(H,13,14,15). The Bertz CT molecular complexity index is 370. The summed E-state index contributed by atoms with van der Waals surface area (Å²) in [6.07, 6.45) is 5.26. The van der Waals surface area contributed by atoms with Crippen LogP contribution in [0.25, 0.3) is 0 Å². The monoisotopic (exact) mass is 285 g/mol. The summed E-state index contributed by atoms with van der Waals surface area (Å²) < 4.78 is 0.839. The molecule has 2 rings (SSSR count). The van der Waals surface area contributed by atoms with Crippen LogP contribution in [0.4, 0.5) is 11.6 Å². The quantitative estimate of drug-likeness (QED) is 0.642. The predicted molar refractivity (Wildman–Crippen MR) is 68.2 cm³/mol. The van der Waals surface area contributed by atoms with Crippen LogP contribution in [0.5, 0.6) is 0 Å². The van der Waals surface area contributed by atoms with Gasteiger partial charge in [0.2, 0.25) is 0 Å². The number of nitrogen functional groups attached to an aromatic ring is 1. The highest BCUT2D eigenvalue weighted by Crippen LogP contribution is 2.32. The van der Waals surface area contributed by atoms with Gasteiger partial charge >= 0.3 is 0 Å². The zero-order valence-corrected chi connectivity index (χ0v) is 10.9. The maximum Gasteiger partial charge on any atom is 0.159 e. The average Bonchev–Trinajstić information content (AvgIpc) is 2.31. The van der Waals surface area contributed by atoms with Gasteiger partial charge in [-0.15, -0.1) is 0 Å². The van der Waals surface area contributed by atoms with Crippen molar-refractivity contribution in [2.45, 2.75) is 32.2 Å². The lowest BCUT2D eigenvalue weighted by atomic mass is 10.0. The lowest BCUT2D eigenvalue weighted by molar-refractivity contribution is 0.480. The van der Waals surface area contributed by atoms with Gasteiger partial charge in [0.15, 0.2) is 5.82 Å². The number of nitrogens with one attached hydrogen (secondary N) is 1. The Labute approximate surface area is 104 Å². The lowest BCUT2D eigenvalue weighted by Gasteiger charge is -2.35. The number of anilines is 2. The third kappa shape index (κ3) is 2.12. The topological polar surface area (TPSA) is 67.1 Å². The van der Waals surface area contributed by atoms with E-state index in [2.05, 4.69) is 43.1 Å². The van der Waals surface area contributed by atoms with Gasteiger partial charge in [0.1, 0.15) is 16.6 Å². The molecule has 88 valence electrons. The van der Waals surface area contributed by atoms with E-state index in [4.69, 9.17) is 5.84 Å². The first-order valence-corrected chi connectivity index (χ1v) is 6.27. The van der Waals surface area contributed by atoms with E-state index < -0.39 is 0 Å². The number of halogens is 1. The molecule has 0 spiro atoms. The summed E-state index contributed by atoms with van der Waals surface area (Å²) in [4.78, 5) is 10.7. The van der Waals surface area contributed by atoms with Crippen LogP contribution < -0.4 is 16.2 Å². The number of hydrogen-bond acceptors (Lipinski definition) is 5. The molecule has 1 saturated heterocycles. The average molecular weight is 286 g/mol. The molecule has 0 amide bonds. The zero-order valence-electron chi connectivity index (χ0n) is 9.28. The minimum atomic E-state index is 0.519. The number of hydrazine groups is 1. The van der Waals surface area contributed by atoms with Gasteiger partial charge in [-0.1, -0.05) is 0 Å². The third-order valence-corrected chi connectivity index (χ3v) is 3.71. The van der Waals surface area contributed by atoms with E-state index in [0.29, 0.717) is 11.9 Å². The molecule has 1 unspecified atom stereocenters. The molecule has 3 N–H and O–H groups in total. The SMILES string of the molecule is CC1CCCCN1c1ncnc(NN)c1Br. The molecule has 0 bridgehead atoms. The highest BCUT2D eigenvalue weighted by atomic mass is 79.9. The Hall–Kier alpha value is -0.880. The molecule has 2 heterocycles. The molecular weight excluding hydrogens is 270 g/mol. The van der Waals surface area contributed by atoms with Crippen molar-refractivity contribution < 1.29 is 0 Å². The molecular formula is C10H16BrN5. The second kappa shape index (κ2) is 4.97. The van der Waals surface area contributed by atoms with E-state index >= 15 is 0 Å². The third-order valence-electron chi connectivity index (χ3n) is 2.98. The van der Waals surface area contributed by atoms with Crippen LogP contribution in [0.3, 0.4) is 0 Å².